The van der Waals surface area contributed by atoms with Gasteiger partial charge < -0.3 is 14.2 Å². The van der Waals surface area contributed by atoms with Crippen LogP contribution in [0.15, 0.2) is 42.5 Å². The maximum absolute atomic E-state index is 12.8. The number of hydrogen-bond donors (Lipinski definition) is 0. The van der Waals surface area contributed by atoms with Crippen molar-refractivity contribution in [2.24, 2.45) is 0 Å². The van der Waals surface area contributed by atoms with E-state index in [-0.39, 0.29) is 17.6 Å². The van der Waals surface area contributed by atoms with Crippen LogP contribution in [-0.4, -0.2) is 66.3 Å². The SMILES string of the molecule is CC(C)(C)c1ccc(OCC(CN2CCOCC2)OC(=O)c2cc([N+](=O)[O-])cc([N+](=O)[O-])c2)cc1. The lowest BCUT2D eigenvalue weighted by molar-refractivity contribution is -0.394. The molecule has 2 aromatic rings. The van der Waals surface area contributed by atoms with Crippen molar-refractivity contribution in [3.8, 4) is 5.75 Å². The van der Waals surface area contributed by atoms with Gasteiger partial charge in [-0.25, -0.2) is 4.79 Å². The Hall–Kier alpha value is -3.57. The molecule has 0 radical (unpaired) electrons. The van der Waals surface area contributed by atoms with Gasteiger partial charge >= 0.3 is 5.97 Å². The number of carbonyl (C=O) groups excluding carboxylic acids is 1. The van der Waals surface area contributed by atoms with Gasteiger partial charge in [0.1, 0.15) is 18.5 Å². The van der Waals surface area contributed by atoms with Gasteiger partial charge in [-0.05, 0) is 23.1 Å². The lowest BCUT2D eigenvalue weighted by Crippen LogP contribution is -2.44. The highest BCUT2D eigenvalue weighted by atomic mass is 16.6. The van der Waals surface area contributed by atoms with E-state index >= 15 is 0 Å². The summed E-state index contributed by atoms with van der Waals surface area (Å²) in [5.74, 6) is -0.297. The zero-order chi connectivity index (χ0) is 25.6. The number of benzene rings is 2. The number of morpholine rings is 1. The number of non-ortho nitro benzene ring substituents is 2. The molecule has 0 saturated carbocycles. The summed E-state index contributed by atoms with van der Waals surface area (Å²) in [5.41, 5.74) is -0.258. The van der Waals surface area contributed by atoms with Crippen LogP contribution in [0, 0.1) is 20.2 Å². The standard InChI is InChI=1S/C24H29N3O8/c1-24(2,3)18-4-6-21(7-5-18)34-16-22(15-25-8-10-33-11-9-25)35-23(28)17-12-19(26(29)30)14-20(13-17)27(31)32/h4-7,12-14,22H,8-11,15-16H2,1-3H3. The Labute approximate surface area is 202 Å². The van der Waals surface area contributed by atoms with E-state index in [1.165, 1.54) is 0 Å². The van der Waals surface area contributed by atoms with Gasteiger partial charge in [0.15, 0.2) is 0 Å². The normalized spacial score (nSPS) is 15.3. The second-order valence-corrected chi connectivity index (χ2v) is 9.28. The topological polar surface area (TPSA) is 134 Å². The zero-order valence-corrected chi connectivity index (χ0v) is 20.0. The summed E-state index contributed by atoms with van der Waals surface area (Å²) in [6, 6.07) is 10.4. The maximum atomic E-state index is 12.8. The molecule has 0 aliphatic carbocycles. The van der Waals surface area contributed by atoms with Crippen LogP contribution in [0.3, 0.4) is 0 Å². The molecule has 0 N–H and O–H groups in total. The Morgan fingerprint density at radius 2 is 1.60 bits per heavy atom. The average Bonchev–Trinajstić information content (AvgIpc) is 2.82. The molecule has 1 unspecified atom stereocenters. The van der Waals surface area contributed by atoms with E-state index in [1.807, 2.05) is 24.3 Å². The highest BCUT2D eigenvalue weighted by Gasteiger charge is 2.25. The largest absolute Gasteiger partial charge is 0.490 e. The van der Waals surface area contributed by atoms with Crippen molar-refractivity contribution in [1.29, 1.82) is 0 Å². The predicted octanol–water partition coefficient (Wildman–Crippen LogP) is 3.74. The molecule has 0 amide bonds. The Morgan fingerprint density at radius 3 is 2.11 bits per heavy atom. The number of ether oxygens (including phenoxy) is 3. The van der Waals surface area contributed by atoms with Gasteiger partial charge in [0.05, 0.1) is 34.7 Å². The van der Waals surface area contributed by atoms with E-state index in [2.05, 4.69) is 25.7 Å². The van der Waals surface area contributed by atoms with Crippen LogP contribution in [0.4, 0.5) is 11.4 Å². The third kappa shape index (κ3) is 7.46. The Bertz CT molecular complexity index is 1030. The molecule has 188 valence electrons. The maximum Gasteiger partial charge on any atom is 0.339 e. The number of rotatable bonds is 9. The van der Waals surface area contributed by atoms with Crippen LogP contribution in [-0.2, 0) is 14.9 Å². The first kappa shape index (κ1) is 26.0. The average molecular weight is 488 g/mol. The van der Waals surface area contributed by atoms with E-state index in [9.17, 15) is 25.0 Å². The summed E-state index contributed by atoms with van der Waals surface area (Å²) in [7, 11) is 0. The molecule has 1 saturated heterocycles. The van der Waals surface area contributed by atoms with Crippen LogP contribution in [0.1, 0.15) is 36.7 Å². The lowest BCUT2D eigenvalue weighted by Gasteiger charge is -2.30. The number of esters is 1. The molecule has 0 spiro atoms. The molecule has 0 aromatic heterocycles. The van der Waals surface area contributed by atoms with Gasteiger partial charge in [-0.3, -0.25) is 25.1 Å². The summed E-state index contributed by atoms with van der Waals surface area (Å²) in [6.07, 6.45) is -0.721. The lowest BCUT2D eigenvalue weighted by atomic mass is 9.87. The van der Waals surface area contributed by atoms with E-state index < -0.39 is 33.3 Å². The second-order valence-electron chi connectivity index (χ2n) is 9.28. The minimum Gasteiger partial charge on any atom is -0.490 e. The van der Waals surface area contributed by atoms with Crippen molar-refractivity contribution in [3.05, 3.63) is 73.8 Å². The van der Waals surface area contributed by atoms with Gasteiger partial charge in [-0.15, -0.1) is 0 Å². The fraction of sp³-hybridized carbons (Fsp3) is 0.458. The smallest absolute Gasteiger partial charge is 0.339 e. The van der Waals surface area contributed by atoms with Crippen molar-refractivity contribution < 1.29 is 28.9 Å². The molecule has 11 nitrogen and oxygen atoms in total. The van der Waals surface area contributed by atoms with Crippen molar-refractivity contribution >= 4 is 17.3 Å². The van der Waals surface area contributed by atoms with Crippen LogP contribution in [0.2, 0.25) is 0 Å². The van der Waals surface area contributed by atoms with Crippen LogP contribution in [0.5, 0.6) is 5.75 Å². The van der Waals surface area contributed by atoms with Crippen molar-refractivity contribution in [2.75, 3.05) is 39.5 Å². The first-order chi connectivity index (χ1) is 16.5. The van der Waals surface area contributed by atoms with Gasteiger partial charge in [0.2, 0.25) is 0 Å². The minimum atomic E-state index is -0.901. The van der Waals surface area contributed by atoms with E-state index in [1.54, 1.807) is 0 Å². The summed E-state index contributed by atoms with van der Waals surface area (Å²) in [5, 5.41) is 22.3. The monoisotopic (exact) mass is 487 g/mol. The highest BCUT2D eigenvalue weighted by molar-refractivity contribution is 5.91. The molecule has 1 aliphatic rings. The zero-order valence-electron chi connectivity index (χ0n) is 20.0. The predicted molar refractivity (Wildman–Crippen MR) is 127 cm³/mol. The molecular weight excluding hydrogens is 458 g/mol. The van der Waals surface area contributed by atoms with E-state index in [4.69, 9.17) is 14.2 Å². The Balaban J connectivity index is 1.76. The molecule has 1 atom stereocenters. The summed E-state index contributed by atoms with van der Waals surface area (Å²) in [6.45, 7) is 9.12. The summed E-state index contributed by atoms with van der Waals surface area (Å²) >= 11 is 0. The molecule has 1 heterocycles. The van der Waals surface area contributed by atoms with Gasteiger partial charge in [-0.2, -0.15) is 0 Å². The summed E-state index contributed by atoms with van der Waals surface area (Å²) in [4.78, 5) is 35.7. The van der Waals surface area contributed by atoms with E-state index in [0.717, 1.165) is 23.8 Å². The first-order valence-corrected chi connectivity index (χ1v) is 11.2. The molecule has 35 heavy (non-hydrogen) atoms. The van der Waals surface area contributed by atoms with Gasteiger partial charge in [-0.1, -0.05) is 32.9 Å². The number of nitro groups is 2. The van der Waals surface area contributed by atoms with Gasteiger partial charge in [0, 0.05) is 31.8 Å². The van der Waals surface area contributed by atoms with Crippen molar-refractivity contribution in [2.45, 2.75) is 32.3 Å². The fourth-order valence-electron chi connectivity index (χ4n) is 3.58. The van der Waals surface area contributed by atoms with Gasteiger partial charge in [0.25, 0.3) is 11.4 Å². The Morgan fingerprint density at radius 1 is 1.03 bits per heavy atom. The highest BCUT2D eigenvalue weighted by Crippen LogP contribution is 2.25. The van der Waals surface area contributed by atoms with Crippen molar-refractivity contribution in [3.63, 3.8) is 0 Å². The number of hydrogen-bond acceptors (Lipinski definition) is 9. The Kier molecular flexibility index (Phi) is 8.36. The number of nitrogens with zero attached hydrogens (tertiary/aromatic N) is 3. The molecule has 1 fully saturated rings. The molecule has 2 aromatic carbocycles. The molecule has 11 heteroatoms. The fourth-order valence-corrected chi connectivity index (χ4v) is 3.58. The van der Waals surface area contributed by atoms with Crippen LogP contribution in [0.25, 0.3) is 0 Å². The first-order valence-electron chi connectivity index (χ1n) is 11.2. The van der Waals surface area contributed by atoms with E-state index in [0.29, 0.717) is 38.6 Å². The third-order valence-electron chi connectivity index (χ3n) is 5.56. The van der Waals surface area contributed by atoms with Crippen LogP contribution >= 0.6 is 0 Å². The van der Waals surface area contributed by atoms with Crippen LogP contribution < -0.4 is 4.74 Å². The second kappa shape index (κ2) is 11.2. The molecule has 3 rings (SSSR count). The molecule has 1 aliphatic heterocycles. The number of carbonyl (C=O) groups is 1. The minimum absolute atomic E-state index is 0.00612. The summed E-state index contributed by atoms with van der Waals surface area (Å²) < 4.78 is 16.9. The molecular formula is C24H29N3O8. The third-order valence-corrected chi connectivity index (χ3v) is 5.56. The quantitative estimate of drug-likeness (QED) is 0.294. The van der Waals surface area contributed by atoms with Crippen molar-refractivity contribution in [1.82, 2.24) is 4.90 Å². The molecule has 0 bridgehead atoms. The number of nitro benzene ring substituents is 2.